The Bertz CT molecular complexity index is 1380. The molecule has 0 saturated carbocycles. The first-order valence-corrected chi connectivity index (χ1v) is 10.5. The van der Waals surface area contributed by atoms with Crippen molar-refractivity contribution >= 4 is 21.9 Å². The lowest BCUT2D eigenvalue weighted by Crippen LogP contribution is -2.04. The second kappa shape index (κ2) is 8.78. The molecule has 0 unspecified atom stereocenters. The van der Waals surface area contributed by atoms with Crippen LogP contribution in [0.3, 0.4) is 0 Å². The number of benzene rings is 3. The molecule has 6 heteroatoms. The molecule has 6 nitrogen and oxygen atoms in total. The van der Waals surface area contributed by atoms with Crippen LogP contribution < -0.4 is 10.5 Å². The summed E-state index contributed by atoms with van der Waals surface area (Å²) in [6.07, 6.45) is 1.80. The van der Waals surface area contributed by atoms with E-state index in [0.29, 0.717) is 19.8 Å². The lowest BCUT2D eigenvalue weighted by molar-refractivity contribution is 0.146. The van der Waals surface area contributed by atoms with Gasteiger partial charge < -0.3 is 15.2 Å². The molecule has 32 heavy (non-hydrogen) atoms. The first-order chi connectivity index (χ1) is 15.7. The average Bonchev–Trinajstić information content (AvgIpc) is 3.27. The topological polar surface area (TPSA) is 75.2 Å². The number of methoxy groups -OCH3 is 1. The normalized spacial score (nSPS) is 11.3. The molecule has 0 aliphatic rings. The number of nitrogens with two attached hydrogens (primary N) is 1. The van der Waals surface area contributed by atoms with Gasteiger partial charge in [-0.15, -0.1) is 0 Å². The number of imidazole rings is 1. The Hall–Kier alpha value is -3.74. The van der Waals surface area contributed by atoms with E-state index in [1.807, 2.05) is 28.8 Å². The van der Waals surface area contributed by atoms with E-state index in [-0.39, 0.29) is 0 Å². The van der Waals surface area contributed by atoms with Crippen molar-refractivity contribution in [3.05, 3.63) is 84.7 Å². The summed E-state index contributed by atoms with van der Waals surface area (Å²) in [6.45, 7) is 1.61. The van der Waals surface area contributed by atoms with E-state index in [1.54, 1.807) is 13.4 Å². The van der Waals surface area contributed by atoms with Gasteiger partial charge >= 0.3 is 0 Å². The molecule has 0 aliphatic heterocycles. The summed E-state index contributed by atoms with van der Waals surface area (Å²) in [5.41, 5.74) is 11.9. The van der Waals surface area contributed by atoms with Gasteiger partial charge in [-0.2, -0.15) is 0 Å². The molecule has 2 N–H and O–H groups in total. The van der Waals surface area contributed by atoms with Gasteiger partial charge in [0.25, 0.3) is 0 Å². The molecular formula is C26H24N4O2. The van der Waals surface area contributed by atoms with Crippen LogP contribution >= 0.6 is 0 Å². The minimum atomic E-state index is 0.508. The van der Waals surface area contributed by atoms with Crippen molar-refractivity contribution in [2.75, 3.05) is 20.3 Å². The van der Waals surface area contributed by atoms with E-state index in [9.17, 15) is 0 Å². The maximum atomic E-state index is 5.71. The summed E-state index contributed by atoms with van der Waals surface area (Å²) < 4.78 is 12.7. The molecule has 0 radical (unpaired) electrons. The number of pyridine rings is 1. The van der Waals surface area contributed by atoms with Gasteiger partial charge in [0.1, 0.15) is 24.5 Å². The average molecular weight is 425 g/mol. The first kappa shape index (κ1) is 20.2. The van der Waals surface area contributed by atoms with Crippen LogP contribution in [0.2, 0.25) is 0 Å². The molecule has 2 heterocycles. The molecular weight excluding hydrogens is 400 g/mol. The highest BCUT2D eigenvalue weighted by molar-refractivity contribution is 5.86. The molecule has 0 aliphatic carbocycles. The van der Waals surface area contributed by atoms with E-state index >= 15 is 0 Å². The van der Waals surface area contributed by atoms with Crippen LogP contribution in [-0.2, 0) is 11.3 Å². The van der Waals surface area contributed by atoms with Crippen molar-refractivity contribution in [1.29, 1.82) is 0 Å². The molecule has 0 spiro atoms. The number of nitrogens with zero attached hydrogens (tertiary/aromatic N) is 3. The Kier molecular flexibility index (Phi) is 5.54. The number of hydrogen-bond donors (Lipinski definition) is 1. The van der Waals surface area contributed by atoms with Gasteiger partial charge in [-0.3, -0.25) is 4.57 Å². The van der Waals surface area contributed by atoms with Crippen molar-refractivity contribution in [2.24, 2.45) is 5.73 Å². The summed E-state index contributed by atoms with van der Waals surface area (Å²) in [5, 5.41) is 1.09. The minimum absolute atomic E-state index is 0.508. The van der Waals surface area contributed by atoms with Crippen molar-refractivity contribution in [2.45, 2.75) is 6.54 Å². The quantitative estimate of drug-likeness (QED) is 0.383. The van der Waals surface area contributed by atoms with Crippen molar-refractivity contribution in [3.63, 3.8) is 0 Å². The fourth-order valence-corrected chi connectivity index (χ4v) is 3.77. The summed E-state index contributed by atoms with van der Waals surface area (Å²) in [7, 11) is 1.66. The predicted octanol–water partition coefficient (Wildman–Crippen LogP) is 4.72. The monoisotopic (exact) mass is 424 g/mol. The lowest BCUT2D eigenvalue weighted by Gasteiger charge is -2.08. The van der Waals surface area contributed by atoms with E-state index in [2.05, 4.69) is 53.5 Å². The fourth-order valence-electron chi connectivity index (χ4n) is 3.77. The molecule has 2 aromatic heterocycles. The lowest BCUT2D eigenvalue weighted by atomic mass is 10.0. The van der Waals surface area contributed by atoms with E-state index in [0.717, 1.165) is 50.2 Å². The molecule has 0 saturated heterocycles. The minimum Gasteiger partial charge on any atom is -0.491 e. The molecule has 0 amide bonds. The number of aromatic nitrogens is 3. The zero-order valence-corrected chi connectivity index (χ0v) is 17.9. The standard InChI is InChI=1S/C26H24N4O2/c1-31-12-13-32-22-8-10-25-24(15-22)28-17-30(25)26-11-7-21-14-20(6-9-23(21)29-26)19-4-2-18(16-27)3-5-19/h2-11,14-15,17H,12-13,16,27H2,1H3. The van der Waals surface area contributed by atoms with Crippen LogP contribution in [0, 0.1) is 0 Å². The predicted molar refractivity (Wildman–Crippen MR) is 127 cm³/mol. The van der Waals surface area contributed by atoms with Gasteiger partial charge in [0.2, 0.25) is 0 Å². The highest BCUT2D eigenvalue weighted by Gasteiger charge is 2.09. The molecule has 5 aromatic rings. The van der Waals surface area contributed by atoms with Gasteiger partial charge in [0.05, 0.1) is 23.2 Å². The molecule has 0 atom stereocenters. The van der Waals surface area contributed by atoms with Gasteiger partial charge in [0, 0.05) is 25.1 Å². The summed E-state index contributed by atoms with van der Waals surface area (Å²) in [6, 6.07) is 24.7. The van der Waals surface area contributed by atoms with Gasteiger partial charge in [0.15, 0.2) is 0 Å². The Morgan fingerprint density at radius 2 is 1.69 bits per heavy atom. The maximum Gasteiger partial charge on any atom is 0.139 e. The SMILES string of the molecule is COCCOc1ccc2c(c1)ncn2-c1ccc2cc(-c3ccc(CN)cc3)ccc2n1. The van der Waals surface area contributed by atoms with Crippen LogP contribution in [0.4, 0.5) is 0 Å². The third kappa shape index (κ3) is 3.93. The van der Waals surface area contributed by atoms with Crippen LogP contribution in [0.25, 0.3) is 38.9 Å². The second-order valence-corrected chi connectivity index (χ2v) is 7.58. The van der Waals surface area contributed by atoms with Crippen molar-refractivity contribution in [1.82, 2.24) is 14.5 Å². The van der Waals surface area contributed by atoms with Crippen LogP contribution in [0.15, 0.2) is 79.1 Å². The number of hydrogen-bond acceptors (Lipinski definition) is 5. The number of ether oxygens (including phenoxy) is 2. The summed E-state index contributed by atoms with van der Waals surface area (Å²) in [4.78, 5) is 9.41. The maximum absolute atomic E-state index is 5.71. The second-order valence-electron chi connectivity index (χ2n) is 7.58. The molecule has 0 fully saturated rings. The Morgan fingerprint density at radius 3 is 2.50 bits per heavy atom. The van der Waals surface area contributed by atoms with Gasteiger partial charge in [-0.1, -0.05) is 30.3 Å². The Balaban J connectivity index is 1.44. The number of rotatable bonds is 7. The van der Waals surface area contributed by atoms with Crippen LogP contribution in [0.1, 0.15) is 5.56 Å². The van der Waals surface area contributed by atoms with Crippen LogP contribution in [0.5, 0.6) is 5.75 Å². The molecule has 5 rings (SSSR count). The third-order valence-electron chi connectivity index (χ3n) is 5.52. The molecule has 160 valence electrons. The fraction of sp³-hybridized carbons (Fsp3) is 0.154. The third-order valence-corrected chi connectivity index (χ3v) is 5.52. The van der Waals surface area contributed by atoms with Gasteiger partial charge in [-0.25, -0.2) is 9.97 Å². The zero-order chi connectivity index (χ0) is 21.9. The summed E-state index contributed by atoms with van der Waals surface area (Å²) >= 11 is 0. The molecule has 3 aromatic carbocycles. The first-order valence-electron chi connectivity index (χ1n) is 10.5. The molecule has 0 bridgehead atoms. The van der Waals surface area contributed by atoms with Gasteiger partial charge in [-0.05, 0) is 53.1 Å². The van der Waals surface area contributed by atoms with Crippen molar-refractivity contribution < 1.29 is 9.47 Å². The highest BCUT2D eigenvalue weighted by atomic mass is 16.5. The van der Waals surface area contributed by atoms with Crippen LogP contribution in [-0.4, -0.2) is 34.9 Å². The largest absolute Gasteiger partial charge is 0.491 e. The van der Waals surface area contributed by atoms with Crippen molar-refractivity contribution in [3.8, 4) is 22.7 Å². The highest BCUT2D eigenvalue weighted by Crippen LogP contribution is 2.26. The van der Waals surface area contributed by atoms with E-state index in [1.165, 1.54) is 0 Å². The smallest absolute Gasteiger partial charge is 0.139 e. The Morgan fingerprint density at radius 1 is 0.844 bits per heavy atom. The number of fused-ring (bicyclic) bond motifs is 2. The Labute approximate surface area is 186 Å². The van der Waals surface area contributed by atoms with E-state index in [4.69, 9.17) is 20.2 Å². The van der Waals surface area contributed by atoms with E-state index < -0.39 is 0 Å². The zero-order valence-electron chi connectivity index (χ0n) is 17.9. The summed E-state index contributed by atoms with van der Waals surface area (Å²) in [5.74, 6) is 1.60.